The van der Waals surface area contributed by atoms with Crippen LogP contribution in [0.5, 0.6) is 5.88 Å². The van der Waals surface area contributed by atoms with Crippen LogP contribution in [0.25, 0.3) is 0 Å². The molecule has 2 atom stereocenters. The Balaban J connectivity index is 2.59. The predicted octanol–water partition coefficient (Wildman–Crippen LogP) is 1.27. The first-order valence-electron chi connectivity index (χ1n) is 4.58. The number of nitrogens with zero attached hydrogens (tertiary/aromatic N) is 1. The molecule has 0 saturated carbocycles. The van der Waals surface area contributed by atoms with Gasteiger partial charge in [-0.3, -0.25) is 0 Å². The standard InChI is InChI=1S/C10H16N2O2/c1-7(8(2)13)12-9-4-5-10(14-3)11-6-9/h4-8,12-13H,1-3H3. The number of aliphatic hydroxyl groups is 1. The molecule has 0 aliphatic carbocycles. The van der Waals surface area contributed by atoms with Crippen molar-refractivity contribution in [3.8, 4) is 5.88 Å². The number of hydrogen-bond donors (Lipinski definition) is 2. The van der Waals surface area contributed by atoms with E-state index in [0.29, 0.717) is 5.88 Å². The summed E-state index contributed by atoms with van der Waals surface area (Å²) >= 11 is 0. The van der Waals surface area contributed by atoms with Gasteiger partial charge in [0, 0.05) is 12.1 Å². The number of aromatic nitrogens is 1. The van der Waals surface area contributed by atoms with Gasteiger partial charge in [0.1, 0.15) is 0 Å². The zero-order valence-electron chi connectivity index (χ0n) is 8.69. The highest BCUT2D eigenvalue weighted by molar-refractivity contribution is 5.42. The second-order valence-corrected chi connectivity index (χ2v) is 3.26. The molecule has 0 saturated heterocycles. The van der Waals surface area contributed by atoms with E-state index in [-0.39, 0.29) is 6.04 Å². The van der Waals surface area contributed by atoms with Crippen molar-refractivity contribution < 1.29 is 9.84 Å². The van der Waals surface area contributed by atoms with E-state index in [0.717, 1.165) is 5.69 Å². The molecule has 4 heteroatoms. The molecule has 0 aliphatic heterocycles. The summed E-state index contributed by atoms with van der Waals surface area (Å²) in [6.07, 6.45) is 1.29. The van der Waals surface area contributed by atoms with Crippen molar-refractivity contribution in [1.29, 1.82) is 0 Å². The van der Waals surface area contributed by atoms with Gasteiger partial charge in [-0.2, -0.15) is 0 Å². The van der Waals surface area contributed by atoms with Crippen LogP contribution in [0.15, 0.2) is 18.3 Å². The lowest BCUT2D eigenvalue weighted by Gasteiger charge is -2.17. The van der Waals surface area contributed by atoms with Gasteiger partial charge in [-0.15, -0.1) is 0 Å². The van der Waals surface area contributed by atoms with Gasteiger partial charge in [0.15, 0.2) is 0 Å². The van der Waals surface area contributed by atoms with Crippen LogP contribution >= 0.6 is 0 Å². The van der Waals surface area contributed by atoms with E-state index in [1.165, 1.54) is 0 Å². The normalized spacial score (nSPS) is 14.6. The smallest absolute Gasteiger partial charge is 0.213 e. The minimum atomic E-state index is -0.392. The number of anilines is 1. The third-order valence-electron chi connectivity index (χ3n) is 2.06. The van der Waals surface area contributed by atoms with E-state index in [4.69, 9.17) is 4.74 Å². The Morgan fingerprint density at radius 2 is 2.14 bits per heavy atom. The highest BCUT2D eigenvalue weighted by Crippen LogP contribution is 2.12. The van der Waals surface area contributed by atoms with E-state index in [9.17, 15) is 5.11 Å². The van der Waals surface area contributed by atoms with Crippen molar-refractivity contribution >= 4 is 5.69 Å². The number of nitrogens with one attached hydrogen (secondary N) is 1. The SMILES string of the molecule is COc1ccc(NC(C)C(C)O)cn1. The molecule has 2 N–H and O–H groups in total. The van der Waals surface area contributed by atoms with Crippen LogP contribution in [0.3, 0.4) is 0 Å². The molecule has 0 spiro atoms. The summed E-state index contributed by atoms with van der Waals surface area (Å²) in [7, 11) is 1.58. The second-order valence-electron chi connectivity index (χ2n) is 3.26. The number of hydrogen-bond acceptors (Lipinski definition) is 4. The Bertz CT molecular complexity index is 272. The molecule has 0 radical (unpaired) electrons. The van der Waals surface area contributed by atoms with Gasteiger partial charge in [-0.1, -0.05) is 0 Å². The Morgan fingerprint density at radius 1 is 1.43 bits per heavy atom. The van der Waals surface area contributed by atoms with E-state index in [1.807, 2.05) is 13.0 Å². The highest BCUT2D eigenvalue weighted by Gasteiger charge is 2.07. The van der Waals surface area contributed by atoms with Crippen LogP contribution in [0, 0.1) is 0 Å². The van der Waals surface area contributed by atoms with E-state index < -0.39 is 6.10 Å². The van der Waals surface area contributed by atoms with E-state index >= 15 is 0 Å². The van der Waals surface area contributed by atoms with E-state index in [2.05, 4.69) is 10.3 Å². The monoisotopic (exact) mass is 196 g/mol. The van der Waals surface area contributed by atoms with Gasteiger partial charge in [0.2, 0.25) is 5.88 Å². The molecule has 4 nitrogen and oxygen atoms in total. The third kappa shape index (κ3) is 2.88. The van der Waals surface area contributed by atoms with Crippen LogP contribution in [-0.2, 0) is 0 Å². The molecule has 0 fully saturated rings. The zero-order chi connectivity index (χ0) is 10.6. The molecule has 0 amide bonds. The summed E-state index contributed by atoms with van der Waals surface area (Å²) in [5.41, 5.74) is 0.874. The summed E-state index contributed by atoms with van der Waals surface area (Å²) in [5.74, 6) is 0.584. The maximum Gasteiger partial charge on any atom is 0.213 e. The summed E-state index contributed by atoms with van der Waals surface area (Å²) < 4.78 is 4.93. The summed E-state index contributed by atoms with van der Waals surface area (Å²) in [5, 5.41) is 12.4. The molecular weight excluding hydrogens is 180 g/mol. The average Bonchev–Trinajstić information content (AvgIpc) is 2.19. The van der Waals surface area contributed by atoms with Crippen molar-refractivity contribution in [2.45, 2.75) is 26.0 Å². The number of pyridine rings is 1. The van der Waals surface area contributed by atoms with Crippen molar-refractivity contribution in [3.05, 3.63) is 18.3 Å². The summed E-state index contributed by atoms with van der Waals surface area (Å²) in [4.78, 5) is 4.04. The first kappa shape index (κ1) is 10.8. The molecule has 14 heavy (non-hydrogen) atoms. The van der Waals surface area contributed by atoms with Gasteiger partial charge >= 0.3 is 0 Å². The fourth-order valence-corrected chi connectivity index (χ4v) is 0.970. The molecule has 78 valence electrons. The highest BCUT2D eigenvalue weighted by atomic mass is 16.5. The van der Waals surface area contributed by atoms with Crippen LogP contribution in [0.2, 0.25) is 0 Å². The zero-order valence-corrected chi connectivity index (χ0v) is 8.69. The van der Waals surface area contributed by atoms with Crippen LogP contribution < -0.4 is 10.1 Å². The molecule has 1 aromatic heterocycles. The lowest BCUT2D eigenvalue weighted by molar-refractivity contribution is 0.178. The maximum absolute atomic E-state index is 9.28. The molecule has 0 aromatic carbocycles. The first-order valence-corrected chi connectivity index (χ1v) is 4.58. The Labute approximate surface area is 83.9 Å². The first-order chi connectivity index (χ1) is 6.63. The maximum atomic E-state index is 9.28. The predicted molar refractivity (Wildman–Crippen MR) is 55.6 cm³/mol. The molecule has 1 aromatic rings. The molecule has 0 bridgehead atoms. The van der Waals surface area contributed by atoms with Gasteiger partial charge in [0.25, 0.3) is 0 Å². The van der Waals surface area contributed by atoms with Gasteiger partial charge in [-0.25, -0.2) is 4.98 Å². The molecule has 1 heterocycles. The lowest BCUT2D eigenvalue weighted by atomic mass is 10.2. The molecular formula is C10H16N2O2. The quantitative estimate of drug-likeness (QED) is 0.761. The Kier molecular flexibility index (Phi) is 3.71. The molecule has 2 unspecified atom stereocenters. The van der Waals surface area contributed by atoms with Crippen molar-refractivity contribution in [2.75, 3.05) is 12.4 Å². The topological polar surface area (TPSA) is 54.4 Å². The molecule has 0 aliphatic rings. The minimum absolute atomic E-state index is 0.00481. The van der Waals surface area contributed by atoms with Crippen LogP contribution in [0.1, 0.15) is 13.8 Å². The van der Waals surface area contributed by atoms with Crippen LogP contribution in [0.4, 0.5) is 5.69 Å². The average molecular weight is 196 g/mol. The van der Waals surface area contributed by atoms with Crippen molar-refractivity contribution in [3.63, 3.8) is 0 Å². The number of ether oxygens (including phenoxy) is 1. The summed E-state index contributed by atoms with van der Waals surface area (Å²) in [6.45, 7) is 3.66. The number of methoxy groups -OCH3 is 1. The fraction of sp³-hybridized carbons (Fsp3) is 0.500. The van der Waals surface area contributed by atoms with Crippen molar-refractivity contribution in [1.82, 2.24) is 4.98 Å². The third-order valence-corrected chi connectivity index (χ3v) is 2.06. The Hall–Kier alpha value is -1.29. The Morgan fingerprint density at radius 3 is 2.57 bits per heavy atom. The van der Waals surface area contributed by atoms with Crippen molar-refractivity contribution in [2.24, 2.45) is 0 Å². The second kappa shape index (κ2) is 4.81. The number of rotatable bonds is 4. The largest absolute Gasteiger partial charge is 0.481 e. The van der Waals surface area contributed by atoms with Gasteiger partial charge in [0.05, 0.1) is 25.1 Å². The van der Waals surface area contributed by atoms with Gasteiger partial charge in [-0.05, 0) is 19.9 Å². The van der Waals surface area contributed by atoms with E-state index in [1.54, 1.807) is 26.3 Å². The number of aliphatic hydroxyl groups excluding tert-OH is 1. The fourth-order valence-electron chi connectivity index (χ4n) is 0.970. The lowest BCUT2D eigenvalue weighted by Crippen LogP contribution is -2.27. The van der Waals surface area contributed by atoms with Crippen LogP contribution in [-0.4, -0.2) is 29.3 Å². The summed E-state index contributed by atoms with van der Waals surface area (Å²) in [6, 6.07) is 3.65. The minimum Gasteiger partial charge on any atom is -0.481 e. The van der Waals surface area contributed by atoms with Gasteiger partial charge < -0.3 is 15.2 Å². The molecule has 1 rings (SSSR count).